The molecule has 1 aromatic heterocycles. The SMILES string of the molecule is CCCCC(N)C(O)CNS(=O)(=O)c1ccccn1. The highest BCUT2D eigenvalue weighted by molar-refractivity contribution is 7.89. The minimum Gasteiger partial charge on any atom is -0.390 e. The van der Waals surface area contributed by atoms with Gasteiger partial charge in [0.25, 0.3) is 10.0 Å². The Bertz CT molecular complexity index is 464. The fourth-order valence-electron chi connectivity index (χ4n) is 1.56. The molecule has 2 atom stereocenters. The summed E-state index contributed by atoms with van der Waals surface area (Å²) in [5.41, 5.74) is 5.77. The Kier molecular flexibility index (Phi) is 6.36. The number of aliphatic hydroxyl groups is 1. The lowest BCUT2D eigenvalue weighted by Gasteiger charge is -2.18. The second-order valence-corrected chi connectivity index (χ2v) is 6.11. The fraction of sp³-hybridized carbons (Fsp3) is 0.583. The molecule has 6 nitrogen and oxygen atoms in total. The zero-order valence-corrected chi connectivity index (χ0v) is 11.8. The summed E-state index contributed by atoms with van der Waals surface area (Å²) in [6, 6.07) is 4.19. The minimum atomic E-state index is -3.69. The zero-order valence-electron chi connectivity index (χ0n) is 11.0. The first-order valence-electron chi connectivity index (χ1n) is 6.31. The fourth-order valence-corrected chi connectivity index (χ4v) is 2.55. The molecule has 0 saturated heterocycles. The lowest BCUT2D eigenvalue weighted by Crippen LogP contribution is -2.43. The molecule has 19 heavy (non-hydrogen) atoms. The van der Waals surface area contributed by atoms with Crippen LogP contribution in [0.1, 0.15) is 26.2 Å². The molecule has 108 valence electrons. The van der Waals surface area contributed by atoms with Crippen LogP contribution in [0.3, 0.4) is 0 Å². The van der Waals surface area contributed by atoms with Crippen LogP contribution < -0.4 is 10.5 Å². The molecule has 7 heteroatoms. The van der Waals surface area contributed by atoms with Crippen molar-refractivity contribution >= 4 is 10.0 Å². The van der Waals surface area contributed by atoms with Crippen LogP contribution >= 0.6 is 0 Å². The maximum Gasteiger partial charge on any atom is 0.258 e. The number of aromatic nitrogens is 1. The Hall–Kier alpha value is -1.02. The smallest absolute Gasteiger partial charge is 0.258 e. The van der Waals surface area contributed by atoms with Crippen molar-refractivity contribution in [3.8, 4) is 0 Å². The number of aliphatic hydroxyl groups excluding tert-OH is 1. The van der Waals surface area contributed by atoms with Gasteiger partial charge in [0.05, 0.1) is 6.10 Å². The van der Waals surface area contributed by atoms with Crippen LogP contribution in [0.15, 0.2) is 29.4 Å². The van der Waals surface area contributed by atoms with Gasteiger partial charge in [-0.2, -0.15) is 0 Å². The van der Waals surface area contributed by atoms with E-state index in [-0.39, 0.29) is 11.6 Å². The molecular formula is C12H21N3O3S. The van der Waals surface area contributed by atoms with Gasteiger partial charge in [0.2, 0.25) is 0 Å². The first-order chi connectivity index (χ1) is 8.97. The van der Waals surface area contributed by atoms with Crippen LogP contribution in [-0.4, -0.2) is 37.2 Å². The van der Waals surface area contributed by atoms with Crippen molar-refractivity contribution in [2.45, 2.75) is 43.4 Å². The molecule has 0 spiro atoms. The van der Waals surface area contributed by atoms with Crippen molar-refractivity contribution in [2.75, 3.05) is 6.54 Å². The molecule has 0 fully saturated rings. The average Bonchev–Trinajstić information content (AvgIpc) is 2.43. The summed E-state index contributed by atoms with van der Waals surface area (Å²) in [6.45, 7) is 1.92. The summed E-state index contributed by atoms with van der Waals surface area (Å²) < 4.78 is 26.0. The number of nitrogens with zero attached hydrogens (tertiary/aromatic N) is 1. The van der Waals surface area contributed by atoms with Crippen molar-refractivity contribution in [1.82, 2.24) is 9.71 Å². The van der Waals surface area contributed by atoms with Gasteiger partial charge in [-0.3, -0.25) is 0 Å². The average molecular weight is 287 g/mol. The van der Waals surface area contributed by atoms with Crippen molar-refractivity contribution in [3.05, 3.63) is 24.4 Å². The second kappa shape index (κ2) is 7.54. The largest absolute Gasteiger partial charge is 0.390 e. The van der Waals surface area contributed by atoms with E-state index in [1.165, 1.54) is 12.3 Å². The first kappa shape index (κ1) is 16.0. The monoisotopic (exact) mass is 287 g/mol. The maximum absolute atomic E-state index is 11.8. The second-order valence-electron chi connectivity index (χ2n) is 4.39. The van der Waals surface area contributed by atoms with Gasteiger partial charge in [0, 0.05) is 18.8 Å². The number of nitrogens with one attached hydrogen (secondary N) is 1. The number of pyridine rings is 1. The molecular weight excluding hydrogens is 266 g/mol. The standard InChI is InChI=1S/C12H21N3O3S/c1-2-3-6-10(13)11(16)9-15-19(17,18)12-7-4-5-8-14-12/h4-5,7-8,10-11,15-16H,2-3,6,9,13H2,1H3. The highest BCUT2D eigenvalue weighted by atomic mass is 32.2. The summed E-state index contributed by atoms with van der Waals surface area (Å²) in [5, 5.41) is 9.72. The molecule has 0 aliphatic heterocycles. The number of nitrogens with two attached hydrogens (primary N) is 1. The Morgan fingerprint density at radius 2 is 2.21 bits per heavy atom. The first-order valence-corrected chi connectivity index (χ1v) is 7.80. The number of rotatable bonds is 8. The lowest BCUT2D eigenvalue weighted by atomic mass is 10.1. The van der Waals surface area contributed by atoms with Gasteiger partial charge in [0.15, 0.2) is 5.03 Å². The Labute approximate surface area is 114 Å². The van der Waals surface area contributed by atoms with E-state index in [9.17, 15) is 13.5 Å². The molecule has 0 aromatic carbocycles. The van der Waals surface area contributed by atoms with Gasteiger partial charge in [-0.1, -0.05) is 25.8 Å². The van der Waals surface area contributed by atoms with Gasteiger partial charge in [0.1, 0.15) is 0 Å². The van der Waals surface area contributed by atoms with Gasteiger partial charge in [-0.15, -0.1) is 0 Å². The van der Waals surface area contributed by atoms with Crippen LogP contribution in [0, 0.1) is 0 Å². The predicted molar refractivity (Wildman–Crippen MR) is 72.9 cm³/mol. The molecule has 0 aliphatic rings. The zero-order chi connectivity index (χ0) is 14.3. The molecule has 4 N–H and O–H groups in total. The normalized spacial score (nSPS) is 15.1. The summed E-state index contributed by atoms with van der Waals surface area (Å²) in [6.07, 6.45) is 3.07. The van der Waals surface area contributed by atoms with Crippen molar-refractivity contribution in [3.63, 3.8) is 0 Å². The number of hydrogen-bond acceptors (Lipinski definition) is 5. The van der Waals surface area contributed by atoms with Gasteiger partial charge in [-0.05, 0) is 18.6 Å². The third-order valence-electron chi connectivity index (χ3n) is 2.78. The summed E-state index contributed by atoms with van der Waals surface area (Å²) in [5.74, 6) is 0. The quantitative estimate of drug-likeness (QED) is 0.635. The number of unbranched alkanes of at least 4 members (excludes halogenated alkanes) is 1. The van der Waals surface area contributed by atoms with Gasteiger partial charge < -0.3 is 10.8 Å². The molecule has 1 aromatic rings. The summed E-state index contributed by atoms with van der Waals surface area (Å²) >= 11 is 0. The van der Waals surface area contributed by atoms with E-state index in [0.717, 1.165) is 12.8 Å². The van der Waals surface area contributed by atoms with Crippen LogP contribution in [0.4, 0.5) is 0 Å². The topological polar surface area (TPSA) is 105 Å². The van der Waals surface area contributed by atoms with Crippen molar-refractivity contribution in [2.24, 2.45) is 5.73 Å². The van der Waals surface area contributed by atoms with Gasteiger partial charge >= 0.3 is 0 Å². The molecule has 0 amide bonds. The third kappa shape index (κ3) is 5.23. The highest BCUT2D eigenvalue weighted by Gasteiger charge is 2.19. The minimum absolute atomic E-state index is 0.0654. The van der Waals surface area contributed by atoms with E-state index in [0.29, 0.717) is 6.42 Å². The van der Waals surface area contributed by atoms with E-state index in [4.69, 9.17) is 5.73 Å². The summed E-state index contributed by atoms with van der Waals surface area (Å²) in [7, 11) is -3.69. The Morgan fingerprint density at radius 1 is 1.47 bits per heavy atom. The maximum atomic E-state index is 11.8. The summed E-state index contributed by atoms with van der Waals surface area (Å²) in [4.78, 5) is 3.76. The van der Waals surface area contributed by atoms with Crippen molar-refractivity contribution < 1.29 is 13.5 Å². The van der Waals surface area contributed by atoms with Crippen LogP contribution in [0.25, 0.3) is 0 Å². The molecule has 0 saturated carbocycles. The Balaban J connectivity index is 2.52. The van der Waals surface area contributed by atoms with E-state index in [1.807, 2.05) is 6.92 Å². The molecule has 0 aliphatic carbocycles. The highest BCUT2D eigenvalue weighted by Crippen LogP contribution is 2.05. The van der Waals surface area contributed by atoms with E-state index in [1.54, 1.807) is 12.1 Å². The van der Waals surface area contributed by atoms with Crippen LogP contribution in [-0.2, 0) is 10.0 Å². The molecule has 0 bridgehead atoms. The molecule has 1 heterocycles. The van der Waals surface area contributed by atoms with E-state index >= 15 is 0 Å². The third-order valence-corrected chi connectivity index (χ3v) is 4.12. The molecule has 0 radical (unpaired) electrons. The molecule has 1 rings (SSSR count). The number of hydrogen-bond donors (Lipinski definition) is 3. The Morgan fingerprint density at radius 3 is 2.79 bits per heavy atom. The lowest BCUT2D eigenvalue weighted by molar-refractivity contribution is 0.143. The van der Waals surface area contributed by atoms with Crippen LogP contribution in [0.5, 0.6) is 0 Å². The van der Waals surface area contributed by atoms with Crippen LogP contribution in [0.2, 0.25) is 0 Å². The predicted octanol–water partition coefficient (Wildman–Crippen LogP) is 0.238. The van der Waals surface area contributed by atoms with E-state index < -0.39 is 22.2 Å². The van der Waals surface area contributed by atoms with Gasteiger partial charge in [-0.25, -0.2) is 18.1 Å². The van der Waals surface area contributed by atoms with E-state index in [2.05, 4.69) is 9.71 Å². The molecule has 2 unspecified atom stereocenters. The number of sulfonamides is 1. The van der Waals surface area contributed by atoms with Crippen molar-refractivity contribution in [1.29, 1.82) is 0 Å².